The molecule has 0 unspecified atom stereocenters. The number of hydrogen-bond acceptors (Lipinski definition) is 4. The van der Waals surface area contributed by atoms with Gasteiger partial charge in [0.15, 0.2) is 0 Å². The van der Waals surface area contributed by atoms with E-state index in [4.69, 9.17) is 0 Å². The summed E-state index contributed by atoms with van der Waals surface area (Å²) in [6.45, 7) is 10.5. The van der Waals surface area contributed by atoms with Gasteiger partial charge in [-0.1, -0.05) is 12.1 Å². The van der Waals surface area contributed by atoms with Crippen LogP contribution in [0.15, 0.2) is 24.3 Å². The van der Waals surface area contributed by atoms with E-state index in [9.17, 15) is 0 Å². The molecule has 1 aromatic heterocycles. The third-order valence-corrected chi connectivity index (χ3v) is 2.53. The van der Waals surface area contributed by atoms with Gasteiger partial charge in [0, 0.05) is 16.8 Å². The van der Waals surface area contributed by atoms with Crippen molar-refractivity contribution in [1.29, 1.82) is 0 Å². The maximum Gasteiger partial charge on any atom is 0.205 e. The molecule has 0 amide bonds. The van der Waals surface area contributed by atoms with Crippen LogP contribution in [0, 0.1) is 0 Å². The summed E-state index contributed by atoms with van der Waals surface area (Å²) < 4.78 is 0. The Balaban J connectivity index is 2.27. The first-order valence-corrected chi connectivity index (χ1v) is 6.53. The van der Waals surface area contributed by atoms with Crippen LogP contribution in [-0.2, 0) is 0 Å². The zero-order chi connectivity index (χ0) is 14.0. The van der Waals surface area contributed by atoms with Crippen LogP contribution in [0.4, 0.5) is 5.69 Å². The lowest BCUT2D eigenvalue weighted by Crippen LogP contribution is -2.25. The van der Waals surface area contributed by atoms with Crippen LogP contribution in [0.3, 0.4) is 0 Å². The lowest BCUT2D eigenvalue weighted by atomic mass is 10.1. The molecule has 0 saturated heterocycles. The molecule has 102 valence electrons. The van der Waals surface area contributed by atoms with Gasteiger partial charge in [-0.3, -0.25) is 0 Å². The Hall–Kier alpha value is -1.91. The lowest BCUT2D eigenvalue weighted by Gasteiger charge is -2.22. The van der Waals surface area contributed by atoms with Gasteiger partial charge < -0.3 is 5.32 Å². The molecule has 5 nitrogen and oxygen atoms in total. The monoisotopic (exact) mass is 259 g/mol. The quantitative estimate of drug-likeness (QED) is 0.920. The van der Waals surface area contributed by atoms with E-state index in [1.54, 1.807) is 4.80 Å². The SMILES string of the molecule is CC(C)n1nnc(-c2cccc(NC(C)(C)C)c2)n1. The van der Waals surface area contributed by atoms with Crippen molar-refractivity contribution in [1.82, 2.24) is 20.2 Å². The second-order valence-corrected chi connectivity index (χ2v) is 5.98. The summed E-state index contributed by atoms with van der Waals surface area (Å²) in [5.74, 6) is 0.659. The predicted octanol–water partition coefficient (Wildman–Crippen LogP) is 3.13. The van der Waals surface area contributed by atoms with Gasteiger partial charge in [-0.2, -0.15) is 4.80 Å². The van der Waals surface area contributed by atoms with E-state index < -0.39 is 0 Å². The molecule has 1 aromatic carbocycles. The first-order valence-electron chi connectivity index (χ1n) is 6.53. The molecule has 0 atom stereocenters. The van der Waals surface area contributed by atoms with Gasteiger partial charge in [-0.15, -0.1) is 10.2 Å². The largest absolute Gasteiger partial charge is 0.380 e. The molecule has 0 aliphatic rings. The standard InChI is InChI=1S/C14H21N5/c1-10(2)19-17-13(16-18-19)11-7-6-8-12(9-11)15-14(3,4)5/h6-10,15H,1-5H3. The summed E-state index contributed by atoms with van der Waals surface area (Å²) >= 11 is 0. The Bertz CT molecular complexity index is 551. The van der Waals surface area contributed by atoms with E-state index in [1.165, 1.54) is 0 Å². The van der Waals surface area contributed by atoms with E-state index in [0.717, 1.165) is 11.3 Å². The minimum Gasteiger partial charge on any atom is -0.380 e. The van der Waals surface area contributed by atoms with Gasteiger partial charge in [-0.05, 0) is 52.0 Å². The van der Waals surface area contributed by atoms with E-state index in [1.807, 2.05) is 38.1 Å². The fourth-order valence-electron chi connectivity index (χ4n) is 1.73. The summed E-state index contributed by atoms with van der Waals surface area (Å²) in [6, 6.07) is 8.31. The fourth-order valence-corrected chi connectivity index (χ4v) is 1.73. The average Bonchev–Trinajstić information content (AvgIpc) is 2.76. The smallest absolute Gasteiger partial charge is 0.205 e. The van der Waals surface area contributed by atoms with Crippen molar-refractivity contribution in [2.45, 2.75) is 46.2 Å². The molecule has 0 saturated carbocycles. The van der Waals surface area contributed by atoms with Crippen LogP contribution in [0.25, 0.3) is 11.4 Å². The molecule has 0 aliphatic carbocycles. The van der Waals surface area contributed by atoms with E-state index >= 15 is 0 Å². The van der Waals surface area contributed by atoms with E-state index in [2.05, 4.69) is 41.5 Å². The molecule has 1 heterocycles. The van der Waals surface area contributed by atoms with Gasteiger partial charge in [0.2, 0.25) is 5.82 Å². The number of anilines is 1. The Morgan fingerprint density at radius 3 is 2.53 bits per heavy atom. The van der Waals surface area contributed by atoms with E-state index in [-0.39, 0.29) is 11.6 Å². The number of hydrogen-bond donors (Lipinski definition) is 1. The topological polar surface area (TPSA) is 55.6 Å². The Morgan fingerprint density at radius 2 is 1.95 bits per heavy atom. The number of aromatic nitrogens is 4. The van der Waals surface area contributed by atoms with Crippen molar-refractivity contribution in [3.05, 3.63) is 24.3 Å². The molecule has 19 heavy (non-hydrogen) atoms. The van der Waals surface area contributed by atoms with Gasteiger partial charge >= 0.3 is 0 Å². The second-order valence-electron chi connectivity index (χ2n) is 5.98. The zero-order valence-corrected chi connectivity index (χ0v) is 12.2. The summed E-state index contributed by atoms with van der Waals surface area (Å²) in [7, 11) is 0. The third-order valence-electron chi connectivity index (χ3n) is 2.53. The maximum atomic E-state index is 4.38. The van der Waals surface area contributed by atoms with Crippen molar-refractivity contribution in [2.24, 2.45) is 0 Å². The summed E-state index contributed by atoms with van der Waals surface area (Å²) in [4.78, 5) is 1.62. The van der Waals surface area contributed by atoms with E-state index in [0.29, 0.717) is 5.82 Å². The maximum absolute atomic E-state index is 4.38. The summed E-state index contributed by atoms with van der Waals surface area (Å²) in [5.41, 5.74) is 2.06. The third kappa shape index (κ3) is 3.53. The molecule has 1 N–H and O–H groups in total. The molecule has 0 fully saturated rings. The highest BCUT2D eigenvalue weighted by atomic mass is 15.6. The highest BCUT2D eigenvalue weighted by Crippen LogP contribution is 2.21. The van der Waals surface area contributed by atoms with Crippen molar-refractivity contribution >= 4 is 5.69 Å². The molecule has 2 rings (SSSR count). The molecular weight excluding hydrogens is 238 g/mol. The van der Waals surface area contributed by atoms with Crippen LogP contribution in [0.2, 0.25) is 0 Å². The predicted molar refractivity (Wildman–Crippen MR) is 77.0 cm³/mol. The van der Waals surface area contributed by atoms with Gasteiger partial charge in [0.25, 0.3) is 0 Å². The molecule has 0 bridgehead atoms. The van der Waals surface area contributed by atoms with Crippen LogP contribution in [-0.4, -0.2) is 25.7 Å². The number of tetrazole rings is 1. The van der Waals surface area contributed by atoms with Crippen LogP contribution >= 0.6 is 0 Å². The van der Waals surface area contributed by atoms with Crippen molar-refractivity contribution in [3.8, 4) is 11.4 Å². The van der Waals surface area contributed by atoms with Crippen molar-refractivity contribution < 1.29 is 0 Å². The van der Waals surface area contributed by atoms with Gasteiger partial charge in [0.05, 0.1) is 6.04 Å². The lowest BCUT2D eigenvalue weighted by molar-refractivity contribution is 0.455. The molecule has 5 heteroatoms. The second kappa shape index (κ2) is 4.99. The minimum atomic E-state index is 0.0294. The molecule has 0 aliphatic heterocycles. The normalized spacial score (nSPS) is 11.9. The first-order chi connectivity index (χ1) is 8.85. The summed E-state index contributed by atoms with van der Waals surface area (Å²) in [6.07, 6.45) is 0. The van der Waals surface area contributed by atoms with Crippen molar-refractivity contribution in [2.75, 3.05) is 5.32 Å². The number of nitrogens with one attached hydrogen (secondary N) is 1. The van der Waals surface area contributed by atoms with Crippen LogP contribution < -0.4 is 5.32 Å². The highest BCUT2D eigenvalue weighted by Gasteiger charge is 2.12. The Kier molecular flexibility index (Phi) is 3.55. The first kappa shape index (κ1) is 13.5. The summed E-state index contributed by atoms with van der Waals surface area (Å²) in [5, 5.41) is 16.0. The Morgan fingerprint density at radius 1 is 1.21 bits per heavy atom. The van der Waals surface area contributed by atoms with Gasteiger partial charge in [0.1, 0.15) is 0 Å². The van der Waals surface area contributed by atoms with Crippen LogP contribution in [0.5, 0.6) is 0 Å². The fraction of sp³-hybridized carbons (Fsp3) is 0.500. The average molecular weight is 259 g/mol. The number of rotatable bonds is 3. The molecule has 0 radical (unpaired) electrons. The number of benzene rings is 1. The molecular formula is C14H21N5. The molecule has 2 aromatic rings. The highest BCUT2D eigenvalue weighted by molar-refractivity contribution is 5.62. The zero-order valence-electron chi connectivity index (χ0n) is 12.2. The van der Waals surface area contributed by atoms with Crippen molar-refractivity contribution in [3.63, 3.8) is 0 Å². The van der Waals surface area contributed by atoms with Gasteiger partial charge in [-0.25, -0.2) is 0 Å². The minimum absolute atomic E-state index is 0.0294. The molecule has 0 spiro atoms. The Labute approximate surface area is 114 Å². The van der Waals surface area contributed by atoms with Crippen LogP contribution in [0.1, 0.15) is 40.7 Å². The number of nitrogens with zero attached hydrogens (tertiary/aromatic N) is 4.